The number of carboxylic acid groups (broad SMARTS) is 1. The second-order valence-electron chi connectivity index (χ2n) is 5.89. The van der Waals surface area contributed by atoms with Gasteiger partial charge in [-0.1, -0.05) is 18.2 Å². The zero-order valence-electron chi connectivity index (χ0n) is 13.0. The maximum absolute atomic E-state index is 12.6. The molecule has 23 heavy (non-hydrogen) atoms. The van der Waals surface area contributed by atoms with E-state index in [4.69, 9.17) is 5.11 Å². The molecule has 1 aliphatic heterocycles. The van der Waals surface area contributed by atoms with E-state index in [1.807, 2.05) is 31.2 Å². The fourth-order valence-electron chi connectivity index (χ4n) is 2.93. The first-order valence-electron chi connectivity index (χ1n) is 7.69. The molecule has 0 aliphatic carbocycles. The topological polar surface area (TPSA) is 75.4 Å². The van der Waals surface area contributed by atoms with Gasteiger partial charge in [0.2, 0.25) is 0 Å². The molecule has 0 bridgehead atoms. The summed E-state index contributed by atoms with van der Waals surface area (Å²) in [6.45, 7) is 2.85. The van der Waals surface area contributed by atoms with E-state index in [1.54, 1.807) is 22.0 Å². The number of para-hydroxylation sites is 1. The van der Waals surface area contributed by atoms with Crippen molar-refractivity contribution in [3.8, 4) is 5.69 Å². The van der Waals surface area contributed by atoms with Gasteiger partial charge >= 0.3 is 5.97 Å². The van der Waals surface area contributed by atoms with Gasteiger partial charge in [0.1, 0.15) is 0 Å². The molecule has 6 nitrogen and oxygen atoms in total. The Hall–Kier alpha value is -2.63. The minimum Gasteiger partial charge on any atom is -0.481 e. The molecule has 1 atom stereocenters. The predicted octanol–water partition coefficient (Wildman–Crippen LogP) is 2.12. The summed E-state index contributed by atoms with van der Waals surface area (Å²) in [4.78, 5) is 25.3. The van der Waals surface area contributed by atoms with E-state index in [9.17, 15) is 9.59 Å². The molecule has 1 aromatic heterocycles. The number of benzene rings is 1. The number of carbonyl (C=O) groups excluding carboxylic acids is 1. The van der Waals surface area contributed by atoms with E-state index >= 15 is 0 Å². The van der Waals surface area contributed by atoms with E-state index in [0.717, 1.165) is 11.3 Å². The number of piperidine rings is 1. The zero-order chi connectivity index (χ0) is 16.4. The van der Waals surface area contributed by atoms with Gasteiger partial charge in [-0.05, 0) is 31.4 Å². The highest BCUT2D eigenvalue weighted by Gasteiger charge is 2.29. The molecule has 1 aliphatic rings. The lowest BCUT2D eigenvalue weighted by Crippen LogP contribution is -2.42. The molecule has 1 aromatic carbocycles. The number of aromatic nitrogens is 2. The quantitative estimate of drug-likeness (QED) is 0.942. The van der Waals surface area contributed by atoms with Gasteiger partial charge in [-0.3, -0.25) is 9.59 Å². The molecule has 2 heterocycles. The van der Waals surface area contributed by atoms with Crippen LogP contribution < -0.4 is 0 Å². The highest BCUT2D eigenvalue weighted by atomic mass is 16.4. The van der Waals surface area contributed by atoms with Crippen molar-refractivity contribution in [1.82, 2.24) is 14.7 Å². The Morgan fingerprint density at radius 3 is 2.83 bits per heavy atom. The molecule has 0 spiro atoms. The van der Waals surface area contributed by atoms with Crippen molar-refractivity contribution >= 4 is 11.9 Å². The number of carboxylic acids is 1. The van der Waals surface area contributed by atoms with E-state index < -0.39 is 11.9 Å². The van der Waals surface area contributed by atoms with Gasteiger partial charge in [-0.2, -0.15) is 5.10 Å². The van der Waals surface area contributed by atoms with Gasteiger partial charge in [-0.15, -0.1) is 0 Å². The maximum atomic E-state index is 12.6. The fourth-order valence-corrected chi connectivity index (χ4v) is 2.93. The number of carbonyl (C=O) groups is 2. The second kappa shape index (κ2) is 6.24. The van der Waals surface area contributed by atoms with E-state index in [2.05, 4.69) is 5.10 Å². The van der Waals surface area contributed by atoms with Crippen LogP contribution in [0.2, 0.25) is 0 Å². The van der Waals surface area contributed by atoms with Gasteiger partial charge < -0.3 is 10.0 Å². The third kappa shape index (κ3) is 3.11. The Morgan fingerprint density at radius 1 is 1.30 bits per heavy atom. The third-order valence-electron chi connectivity index (χ3n) is 4.25. The molecule has 1 N–H and O–H groups in total. The van der Waals surface area contributed by atoms with Crippen LogP contribution in [0.5, 0.6) is 0 Å². The van der Waals surface area contributed by atoms with Crippen molar-refractivity contribution in [1.29, 1.82) is 0 Å². The summed E-state index contributed by atoms with van der Waals surface area (Å²) in [5, 5.41) is 13.4. The highest BCUT2D eigenvalue weighted by molar-refractivity contribution is 5.94. The number of likely N-dealkylation sites (tertiary alicyclic amines) is 1. The molecule has 0 saturated carbocycles. The van der Waals surface area contributed by atoms with Crippen molar-refractivity contribution in [2.24, 2.45) is 5.92 Å². The Balaban J connectivity index is 1.79. The summed E-state index contributed by atoms with van der Waals surface area (Å²) in [5.41, 5.74) is 2.48. The monoisotopic (exact) mass is 313 g/mol. The minimum absolute atomic E-state index is 0.157. The lowest BCUT2D eigenvalue weighted by Gasteiger charge is -2.30. The summed E-state index contributed by atoms with van der Waals surface area (Å²) in [6.07, 6.45) is 4.59. The lowest BCUT2D eigenvalue weighted by atomic mass is 9.98. The lowest BCUT2D eigenvalue weighted by molar-refractivity contribution is -0.143. The zero-order valence-corrected chi connectivity index (χ0v) is 13.0. The standard InChI is InChI=1S/C17H19N3O3/c1-12-5-2-3-7-15(12)20-11-14(9-18-20)16(21)19-8-4-6-13(10-19)17(22)23/h2-3,5,7,9,11,13H,4,6,8,10H2,1H3,(H,22,23). The largest absolute Gasteiger partial charge is 0.481 e. The van der Waals surface area contributed by atoms with Crippen LogP contribution in [-0.2, 0) is 4.79 Å². The molecule has 6 heteroatoms. The van der Waals surface area contributed by atoms with Crippen molar-refractivity contribution in [3.63, 3.8) is 0 Å². The fraction of sp³-hybridized carbons (Fsp3) is 0.353. The Morgan fingerprint density at radius 2 is 2.09 bits per heavy atom. The number of nitrogens with zero attached hydrogens (tertiary/aromatic N) is 3. The summed E-state index contributed by atoms with van der Waals surface area (Å²) < 4.78 is 1.68. The van der Waals surface area contributed by atoms with Crippen LogP contribution in [0.4, 0.5) is 0 Å². The van der Waals surface area contributed by atoms with Crippen LogP contribution >= 0.6 is 0 Å². The van der Waals surface area contributed by atoms with Crippen LogP contribution in [0, 0.1) is 12.8 Å². The smallest absolute Gasteiger partial charge is 0.308 e. The van der Waals surface area contributed by atoms with Crippen LogP contribution in [0.1, 0.15) is 28.8 Å². The Bertz CT molecular complexity index is 738. The second-order valence-corrected chi connectivity index (χ2v) is 5.89. The SMILES string of the molecule is Cc1ccccc1-n1cc(C(=O)N2CCCC(C(=O)O)C2)cn1. The van der Waals surface area contributed by atoms with E-state index in [-0.39, 0.29) is 12.5 Å². The molecule has 1 unspecified atom stereocenters. The average molecular weight is 313 g/mol. The first kappa shape index (κ1) is 15.3. The molecular weight excluding hydrogens is 294 g/mol. The summed E-state index contributed by atoms with van der Waals surface area (Å²) in [6, 6.07) is 7.81. The number of amides is 1. The van der Waals surface area contributed by atoms with Crippen LogP contribution in [0.3, 0.4) is 0 Å². The number of aryl methyl sites for hydroxylation is 1. The number of hydrogen-bond acceptors (Lipinski definition) is 3. The van der Waals surface area contributed by atoms with Crippen molar-refractivity contribution in [3.05, 3.63) is 47.8 Å². The van der Waals surface area contributed by atoms with Crippen LogP contribution in [-0.4, -0.2) is 44.8 Å². The van der Waals surface area contributed by atoms with E-state index in [1.165, 1.54) is 0 Å². The number of hydrogen-bond donors (Lipinski definition) is 1. The molecular formula is C17H19N3O3. The van der Waals surface area contributed by atoms with Gasteiger partial charge in [-0.25, -0.2) is 4.68 Å². The molecule has 0 radical (unpaired) electrons. The van der Waals surface area contributed by atoms with Crippen molar-refractivity contribution in [2.45, 2.75) is 19.8 Å². The molecule has 120 valence electrons. The first-order chi connectivity index (χ1) is 11.1. The molecule has 1 fully saturated rings. The van der Waals surface area contributed by atoms with Crippen LogP contribution in [0.25, 0.3) is 5.69 Å². The summed E-state index contributed by atoms with van der Waals surface area (Å²) >= 11 is 0. The normalized spacial score (nSPS) is 18.0. The van der Waals surface area contributed by atoms with Gasteiger partial charge in [0, 0.05) is 19.3 Å². The highest BCUT2D eigenvalue weighted by Crippen LogP contribution is 2.20. The van der Waals surface area contributed by atoms with Crippen molar-refractivity contribution in [2.75, 3.05) is 13.1 Å². The minimum atomic E-state index is -0.835. The number of aliphatic carboxylic acids is 1. The predicted molar refractivity (Wildman–Crippen MR) is 84.6 cm³/mol. The van der Waals surface area contributed by atoms with Gasteiger partial charge in [0.15, 0.2) is 0 Å². The summed E-state index contributed by atoms with van der Waals surface area (Å²) in [7, 11) is 0. The number of rotatable bonds is 3. The van der Waals surface area contributed by atoms with Crippen LogP contribution in [0.15, 0.2) is 36.7 Å². The average Bonchev–Trinajstić information content (AvgIpc) is 3.04. The first-order valence-corrected chi connectivity index (χ1v) is 7.69. The third-order valence-corrected chi connectivity index (χ3v) is 4.25. The Kier molecular flexibility index (Phi) is 4.14. The maximum Gasteiger partial charge on any atom is 0.308 e. The van der Waals surface area contributed by atoms with Gasteiger partial charge in [0.05, 0.1) is 23.4 Å². The molecule has 1 saturated heterocycles. The van der Waals surface area contributed by atoms with Crippen molar-refractivity contribution < 1.29 is 14.7 Å². The van der Waals surface area contributed by atoms with E-state index in [0.29, 0.717) is 24.9 Å². The Labute approximate surface area is 134 Å². The summed E-state index contributed by atoms with van der Waals surface area (Å²) in [5.74, 6) is -1.46. The van der Waals surface area contributed by atoms with Gasteiger partial charge in [0.25, 0.3) is 5.91 Å². The molecule has 1 amide bonds. The molecule has 2 aromatic rings. The molecule has 3 rings (SSSR count).